The van der Waals surface area contributed by atoms with E-state index in [1.165, 1.54) is 6.07 Å². The average Bonchev–Trinajstić information content (AvgIpc) is 2.73. The molecule has 7 heteroatoms. The molecule has 0 spiro atoms. The van der Waals surface area contributed by atoms with Crippen molar-refractivity contribution in [3.8, 4) is 11.1 Å². The fourth-order valence-electron chi connectivity index (χ4n) is 2.71. The van der Waals surface area contributed by atoms with Gasteiger partial charge < -0.3 is 10.6 Å². The minimum Gasteiger partial charge on any atom is -0.344 e. The van der Waals surface area contributed by atoms with Crippen LogP contribution in [-0.4, -0.2) is 18.0 Å². The number of hydrogen-bond donors (Lipinski definition) is 2. The Balaban J connectivity index is 1.70. The molecular weight excluding hydrogens is 381 g/mol. The lowest BCUT2D eigenvalue weighted by molar-refractivity contribution is -0.173. The number of para-hydroxylation sites is 1. The quantitative estimate of drug-likeness (QED) is 0.650. The summed E-state index contributed by atoms with van der Waals surface area (Å²) in [6.45, 7) is -0.359. The molecule has 0 fully saturated rings. The Morgan fingerprint density at radius 2 is 1.34 bits per heavy atom. The largest absolute Gasteiger partial charge is 0.471 e. The van der Waals surface area contributed by atoms with Crippen molar-refractivity contribution < 1.29 is 22.8 Å². The summed E-state index contributed by atoms with van der Waals surface area (Å²) in [6.07, 6.45) is -4.96. The molecule has 3 aromatic carbocycles. The first-order valence-corrected chi connectivity index (χ1v) is 8.74. The van der Waals surface area contributed by atoms with Crippen LogP contribution in [0.15, 0.2) is 78.9 Å². The Morgan fingerprint density at radius 3 is 2.00 bits per heavy atom. The minimum absolute atomic E-state index is 0.326. The third-order valence-corrected chi connectivity index (χ3v) is 4.22. The van der Waals surface area contributed by atoms with Gasteiger partial charge in [0.05, 0.1) is 0 Å². The predicted molar refractivity (Wildman–Crippen MR) is 104 cm³/mol. The molecule has 0 saturated heterocycles. The summed E-state index contributed by atoms with van der Waals surface area (Å²) in [7, 11) is 0. The van der Waals surface area contributed by atoms with Crippen LogP contribution in [0.1, 0.15) is 15.9 Å². The molecule has 0 bridgehead atoms. The molecule has 0 atom stereocenters. The van der Waals surface area contributed by atoms with E-state index in [1.54, 1.807) is 35.6 Å². The molecule has 4 nitrogen and oxygen atoms in total. The SMILES string of the molecule is O=C(Nc1ccccc1CNC(=O)C(F)(F)F)c1ccc(-c2ccccc2)cc1. The van der Waals surface area contributed by atoms with Gasteiger partial charge in [-0.1, -0.05) is 60.7 Å². The Kier molecular flexibility index (Phi) is 5.97. The molecule has 148 valence electrons. The van der Waals surface area contributed by atoms with Gasteiger partial charge in [0, 0.05) is 17.8 Å². The highest BCUT2D eigenvalue weighted by atomic mass is 19.4. The second-order valence-electron chi connectivity index (χ2n) is 6.24. The fraction of sp³-hybridized carbons (Fsp3) is 0.0909. The minimum atomic E-state index is -4.96. The first-order chi connectivity index (χ1) is 13.8. The van der Waals surface area contributed by atoms with Crippen molar-refractivity contribution in [2.75, 3.05) is 5.32 Å². The van der Waals surface area contributed by atoms with E-state index in [2.05, 4.69) is 5.32 Å². The fourth-order valence-corrected chi connectivity index (χ4v) is 2.71. The number of benzene rings is 3. The van der Waals surface area contributed by atoms with Crippen LogP contribution in [0, 0.1) is 0 Å². The lowest BCUT2D eigenvalue weighted by atomic mass is 10.0. The summed E-state index contributed by atoms with van der Waals surface area (Å²) in [5, 5.41) is 4.48. The van der Waals surface area contributed by atoms with E-state index >= 15 is 0 Å². The predicted octanol–water partition coefficient (Wildman–Crippen LogP) is 4.78. The zero-order valence-corrected chi connectivity index (χ0v) is 15.2. The molecular formula is C22H17F3N2O2. The first kappa shape index (κ1) is 20.1. The van der Waals surface area contributed by atoms with E-state index in [1.807, 2.05) is 42.5 Å². The van der Waals surface area contributed by atoms with Crippen molar-refractivity contribution in [1.29, 1.82) is 0 Å². The average molecular weight is 398 g/mol. The van der Waals surface area contributed by atoms with Gasteiger partial charge >= 0.3 is 12.1 Å². The van der Waals surface area contributed by atoms with Gasteiger partial charge in [-0.3, -0.25) is 9.59 Å². The number of nitrogens with one attached hydrogen (secondary N) is 2. The summed E-state index contributed by atoms with van der Waals surface area (Å²) >= 11 is 0. The Bertz CT molecular complexity index is 1000. The molecule has 0 heterocycles. The number of carbonyl (C=O) groups is 2. The maximum Gasteiger partial charge on any atom is 0.471 e. The van der Waals surface area contributed by atoms with Gasteiger partial charge in [-0.25, -0.2) is 0 Å². The first-order valence-electron chi connectivity index (χ1n) is 8.74. The number of alkyl halides is 3. The second kappa shape index (κ2) is 8.60. The molecule has 29 heavy (non-hydrogen) atoms. The summed E-state index contributed by atoms with van der Waals surface area (Å²) < 4.78 is 37.1. The zero-order valence-electron chi connectivity index (χ0n) is 15.2. The van der Waals surface area contributed by atoms with Gasteiger partial charge in [0.15, 0.2) is 0 Å². The Labute approximate surface area is 165 Å². The topological polar surface area (TPSA) is 58.2 Å². The molecule has 2 N–H and O–H groups in total. The standard InChI is InChI=1S/C22H17F3N2O2/c23-22(24,25)21(29)26-14-18-8-4-5-9-19(18)27-20(28)17-12-10-16(11-13-17)15-6-2-1-3-7-15/h1-13H,14H2,(H,26,29)(H,27,28). The summed E-state index contributed by atoms with van der Waals surface area (Å²) in [5.41, 5.74) is 3.06. The van der Waals surface area contributed by atoms with E-state index < -0.39 is 18.0 Å². The van der Waals surface area contributed by atoms with Crippen molar-refractivity contribution in [2.45, 2.75) is 12.7 Å². The molecule has 0 unspecified atom stereocenters. The highest BCUT2D eigenvalue weighted by Gasteiger charge is 2.38. The molecule has 0 aromatic heterocycles. The molecule has 0 radical (unpaired) electrons. The van der Waals surface area contributed by atoms with Crippen LogP contribution in [0.25, 0.3) is 11.1 Å². The van der Waals surface area contributed by atoms with Gasteiger partial charge in [0.1, 0.15) is 0 Å². The smallest absolute Gasteiger partial charge is 0.344 e. The maximum absolute atomic E-state index is 12.5. The van der Waals surface area contributed by atoms with Crippen molar-refractivity contribution in [3.05, 3.63) is 90.0 Å². The molecule has 0 saturated carbocycles. The molecule has 0 aliphatic carbocycles. The maximum atomic E-state index is 12.5. The normalized spacial score (nSPS) is 11.0. The molecule has 2 amide bonds. The number of hydrogen-bond acceptors (Lipinski definition) is 2. The van der Waals surface area contributed by atoms with Gasteiger partial charge in [-0.2, -0.15) is 13.2 Å². The molecule has 0 aliphatic rings. The van der Waals surface area contributed by atoms with Crippen LogP contribution in [0.4, 0.5) is 18.9 Å². The molecule has 0 aliphatic heterocycles. The van der Waals surface area contributed by atoms with Crippen LogP contribution < -0.4 is 10.6 Å². The van der Waals surface area contributed by atoms with Crippen molar-refractivity contribution in [2.24, 2.45) is 0 Å². The van der Waals surface area contributed by atoms with Crippen LogP contribution in [0.2, 0.25) is 0 Å². The third-order valence-electron chi connectivity index (χ3n) is 4.22. The van der Waals surface area contributed by atoms with Crippen molar-refractivity contribution in [1.82, 2.24) is 5.32 Å². The van der Waals surface area contributed by atoms with Gasteiger partial charge in [0.25, 0.3) is 5.91 Å². The van der Waals surface area contributed by atoms with E-state index in [0.717, 1.165) is 11.1 Å². The van der Waals surface area contributed by atoms with Crippen LogP contribution in [0.3, 0.4) is 0 Å². The second-order valence-corrected chi connectivity index (χ2v) is 6.24. The highest BCUT2D eigenvalue weighted by molar-refractivity contribution is 6.04. The van der Waals surface area contributed by atoms with Gasteiger partial charge in [0.2, 0.25) is 0 Å². The number of carbonyl (C=O) groups excluding carboxylic acids is 2. The van der Waals surface area contributed by atoms with E-state index in [4.69, 9.17) is 0 Å². The van der Waals surface area contributed by atoms with E-state index in [9.17, 15) is 22.8 Å². The van der Waals surface area contributed by atoms with Gasteiger partial charge in [-0.05, 0) is 34.9 Å². The van der Waals surface area contributed by atoms with Crippen LogP contribution in [0.5, 0.6) is 0 Å². The van der Waals surface area contributed by atoms with Crippen molar-refractivity contribution >= 4 is 17.5 Å². The molecule has 3 rings (SSSR count). The van der Waals surface area contributed by atoms with Crippen molar-refractivity contribution in [3.63, 3.8) is 0 Å². The summed E-state index contributed by atoms with van der Waals surface area (Å²) in [5.74, 6) is -2.44. The lowest BCUT2D eigenvalue weighted by Gasteiger charge is -2.13. The van der Waals surface area contributed by atoms with Crippen LogP contribution in [-0.2, 0) is 11.3 Å². The zero-order chi connectivity index (χ0) is 20.9. The third kappa shape index (κ3) is 5.22. The Hall–Kier alpha value is -3.61. The van der Waals surface area contributed by atoms with E-state index in [0.29, 0.717) is 16.8 Å². The molecule has 3 aromatic rings. The van der Waals surface area contributed by atoms with Gasteiger partial charge in [-0.15, -0.1) is 0 Å². The summed E-state index contributed by atoms with van der Waals surface area (Å²) in [4.78, 5) is 23.6. The number of rotatable bonds is 5. The summed E-state index contributed by atoms with van der Waals surface area (Å²) in [6, 6.07) is 23.0. The highest BCUT2D eigenvalue weighted by Crippen LogP contribution is 2.21. The Morgan fingerprint density at radius 1 is 0.759 bits per heavy atom. The van der Waals surface area contributed by atoms with E-state index in [-0.39, 0.29) is 6.54 Å². The lowest BCUT2D eigenvalue weighted by Crippen LogP contribution is -2.36. The number of amides is 2. The number of anilines is 1. The monoisotopic (exact) mass is 398 g/mol. The number of halogens is 3. The van der Waals surface area contributed by atoms with Crippen LogP contribution >= 0.6 is 0 Å².